The Hall–Kier alpha value is -1.85. The van der Waals surface area contributed by atoms with E-state index in [9.17, 15) is 18.3 Å². The molecule has 24 heavy (non-hydrogen) atoms. The molecule has 2 rings (SSSR count). The minimum Gasteiger partial charge on any atom is -0.384 e. The summed E-state index contributed by atoms with van der Waals surface area (Å²) in [7, 11) is -2.69. The SMILES string of the molecule is Cc1ccc(C(O)/C(=C/C(F)(F)F)[Si](C)(C)c2ccccc2)cc1. The monoisotopic (exact) mass is 350 g/mol. The van der Waals surface area contributed by atoms with Crippen molar-refractivity contribution in [2.75, 3.05) is 0 Å². The lowest BCUT2D eigenvalue weighted by Crippen LogP contribution is -2.46. The van der Waals surface area contributed by atoms with Gasteiger partial charge in [-0.15, -0.1) is 0 Å². The summed E-state index contributed by atoms with van der Waals surface area (Å²) < 4.78 is 39.4. The first-order valence-electron chi connectivity index (χ1n) is 7.71. The zero-order chi connectivity index (χ0) is 18.0. The summed E-state index contributed by atoms with van der Waals surface area (Å²) in [5, 5.41) is 11.6. The Balaban J connectivity index is 2.53. The van der Waals surface area contributed by atoms with Gasteiger partial charge in [0, 0.05) is 6.08 Å². The number of aliphatic hydroxyl groups is 1. The quantitative estimate of drug-likeness (QED) is 0.795. The maximum absolute atomic E-state index is 13.1. The molecule has 0 aliphatic heterocycles. The lowest BCUT2D eigenvalue weighted by molar-refractivity contribution is -0.0809. The van der Waals surface area contributed by atoms with E-state index in [-0.39, 0.29) is 11.3 Å². The Labute approximate surface area is 141 Å². The van der Waals surface area contributed by atoms with E-state index in [0.717, 1.165) is 10.8 Å². The van der Waals surface area contributed by atoms with Gasteiger partial charge in [-0.3, -0.25) is 0 Å². The molecule has 0 saturated heterocycles. The van der Waals surface area contributed by atoms with Gasteiger partial charge in [0.25, 0.3) is 0 Å². The third-order valence-corrected chi connectivity index (χ3v) is 7.86. The number of aryl methyl sites for hydroxylation is 1. The molecule has 0 heterocycles. The molecule has 0 aliphatic carbocycles. The molecular weight excluding hydrogens is 329 g/mol. The second-order valence-corrected chi connectivity index (χ2v) is 10.9. The van der Waals surface area contributed by atoms with Gasteiger partial charge in [0.1, 0.15) is 8.07 Å². The molecule has 0 bridgehead atoms. The highest BCUT2D eigenvalue weighted by Gasteiger charge is 2.37. The minimum atomic E-state index is -4.47. The first-order valence-corrected chi connectivity index (χ1v) is 10.7. The zero-order valence-corrected chi connectivity index (χ0v) is 14.9. The molecule has 128 valence electrons. The molecule has 5 heteroatoms. The topological polar surface area (TPSA) is 20.2 Å². The van der Waals surface area contributed by atoms with Crippen molar-refractivity contribution >= 4 is 13.3 Å². The fourth-order valence-corrected chi connectivity index (χ4v) is 5.46. The average molecular weight is 350 g/mol. The van der Waals surface area contributed by atoms with Gasteiger partial charge in [-0.25, -0.2) is 0 Å². The molecule has 0 aliphatic rings. The van der Waals surface area contributed by atoms with Crippen LogP contribution in [-0.4, -0.2) is 19.4 Å². The molecule has 2 aromatic rings. The summed E-state index contributed by atoms with van der Waals surface area (Å²) in [6.07, 6.45) is -5.45. The first-order chi connectivity index (χ1) is 11.1. The van der Waals surface area contributed by atoms with E-state index >= 15 is 0 Å². The van der Waals surface area contributed by atoms with Crippen LogP contribution in [0.4, 0.5) is 13.2 Å². The van der Waals surface area contributed by atoms with E-state index in [4.69, 9.17) is 0 Å². The Bertz CT molecular complexity index is 704. The van der Waals surface area contributed by atoms with Gasteiger partial charge in [-0.2, -0.15) is 13.2 Å². The van der Waals surface area contributed by atoms with E-state index in [1.807, 2.05) is 50.3 Å². The van der Waals surface area contributed by atoms with Crippen molar-refractivity contribution in [3.05, 3.63) is 77.0 Å². The molecule has 1 nitrogen and oxygen atoms in total. The highest BCUT2D eigenvalue weighted by molar-refractivity contribution is 6.95. The van der Waals surface area contributed by atoms with Gasteiger partial charge in [0.2, 0.25) is 0 Å². The third kappa shape index (κ3) is 4.36. The average Bonchev–Trinajstić information content (AvgIpc) is 2.52. The van der Waals surface area contributed by atoms with Crippen LogP contribution >= 0.6 is 0 Å². The fourth-order valence-electron chi connectivity index (χ4n) is 2.73. The van der Waals surface area contributed by atoms with Gasteiger partial charge in [0.05, 0.1) is 6.10 Å². The van der Waals surface area contributed by atoms with Crippen molar-refractivity contribution in [3.63, 3.8) is 0 Å². The lowest BCUT2D eigenvalue weighted by atomic mass is 10.1. The molecule has 0 spiro atoms. The smallest absolute Gasteiger partial charge is 0.384 e. The molecule has 0 saturated carbocycles. The number of benzene rings is 2. The standard InChI is InChI=1S/C19H21F3OSi/c1-14-9-11-15(12-10-14)18(23)17(13-19(20,21)22)24(2,3)16-7-5-4-6-8-16/h4-13,18,23H,1-3H3/b17-13-. The first kappa shape index (κ1) is 18.5. The predicted octanol–water partition coefficient (Wildman–Crippen LogP) is 4.67. The number of allylic oxidation sites excluding steroid dienone is 1. The van der Waals surface area contributed by atoms with Gasteiger partial charge in [0.15, 0.2) is 0 Å². The van der Waals surface area contributed by atoms with Crippen molar-refractivity contribution in [1.29, 1.82) is 0 Å². The number of hydrogen-bond donors (Lipinski definition) is 1. The summed E-state index contributed by atoms with van der Waals surface area (Å²) in [6.45, 7) is 5.56. The predicted molar refractivity (Wildman–Crippen MR) is 93.8 cm³/mol. The highest BCUT2D eigenvalue weighted by Crippen LogP contribution is 2.33. The van der Waals surface area contributed by atoms with Crippen molar-refractivity contribution in [2.45, 2.75) is 32.3 Å². The van der Waals surface area contributed by atoms with Crippen LogP contribution in [0.1, 0.15) is 17.2 Å². The van der Waals surface area contributed by atoms with Crippen LogP contribution in [0.5, 0.6) is 0 Å². The number of aliphatic hydroxyl groups excluding tert-OH is 1. The Kier molecular flexibility index (Phi) is 5.35. The zero-order valence-electron chi connectivity index (χ0n) is 13.9. The van der Waals surface area contributed by atoms with Crippen LogP contribution < -0.4 is 5.19 Å². The molecular formula is C19H21F3OSi. The third-order valence-electron chi connectivity index (χ3n) is 4.22. The molecule has 0 amide bonds. The summed E-state index contributed by atoms with van der Waals surface area (Å²) in [5.74, 6) is 0. The normalized spacial score (nSPS) is 14.5. The van der Waals surface area contributed by atoms with Crippen molar-refractivity contribution < 1.29 is 18.3 Å². The second-order valence-electron chi connectivity index (χ2n) is 6.45. The Morgan fingerprint density at radius 1 is 1.00 bits per heavy atom. The summed E-state index contributed by atoms with van der Waals surface area (Å²) in [5.41, 5.74) is 1.47. The van der Waals surface area contributed by atoms with Gasteiger partial charge in [-0.1, -0.05) is 78.4 Å². The van der Waals surface area contributed by atoms with Crippen LogP contribution in [0.3, 0.4) is 0 Å². The van der Waals surface area contributed by atoms with E-state index in [1.165, 1.54) is 0 Å². The highest BCUT2D eigenvalue weighted by atomic mass is 28.3. The lowest BCUT2D eigenvalue weighted by Gasteiger charge is -2.31. The van der Waals surface area contributed by atoms with Crippen molar-refractivity contribution in [1.82, 2.24) is 0 Å². The molecule has 1 unspecified atom stereocenters. The minimum absolute atomic E-state index is 0.0602. The summed E-state index contributed by atoms with van der Waals surface area (Å²) >= 11 is 0. The number of halogens is 3. The molecule has 0 aromatic heterocycles. The van der Waals surface area contributed by atoms with Crippen molar-refractivity contribution in [2.24, 2.45) is 0 Å². The van der Waals surface area contributed by atoms with Crippen LogP contribution in [0.25, 0.3) is 0 Å². The van der Waals surface area contributed by atoms with E-state index < -0.39 is 20.4 Å². The Morgan fingerprint density at radius 2 is 1.54 bits per heavy atom. The number of hydrogen-bond acceptors (Lipinski definition) is 1. The fraction of sp³-hybridized carbons (Fsp3) is 0.263. The molecule has 0 radical (unpaired) electrons. The summed E-state index contributed by atoms with van der Waals surface area (Å²) in [6, 6.07) is 16.1. The number of alkyl halides is 3. The Morgan fingerprint density at radius 3 is 2.04 bits per heavy atom. The van der Waals surface area contributed by atoms with E-state index in [1.54, 1.807) is 24.3 Å². The van der Waals surface area contributed by atoms with E-state index in [0.29, 0.717) is 5.56 Å². The number of rotatable bonds is 4. The van der Waals surface area contributed by atoms with Crippen LogP contribution in [0, 0.1) is 6.92 Å². The van der Waals surface area contributed by atoms with Crippen LogP contribution in [-0.2, 0) is 0 Å². The van der Waals surface area contributed by atoms with Gasteiger partial charge in [-0.05, 0) is 17.7 Å². The summed E-state index contributed by atoms with van der Waals surface area (Å²) in [4.78, 5) is 0. The maximum Gasteiger partial charge on any atom is 0.409 e. The largest absolute Gasteiger partial charge is 0.409 e. The molecule has 2 aromatic carbocycles. The second kappa shape index (κ2) is 6.95. The van der Waals surface area contributed by atoms with Gasteiger partial charge < -0.3 is 5.11 Å². The van der Waals surface area contributed by atoms with Crippen molar-refractivity contribution in [3.8, 4) is 0 Å². The maximum atomic E-state index is 13.1. The molecule has 1 N–H and O–H groups in total. The van der Waals surface area contributed by atoms with Crippen LogP contribution in [0.2, 0.25) is 13.1 Å². The molecule has 0 fully saturated rings. The van der Waals surface area contributed by atoms with Crippen LogP contribution in [0.15, 0.2) is 65.9 Å². The van der Waals surface area contributed by atoms with Gasteiger partial charge >= 0.3 is 6.18 Å². The van der Waals surface area contributed by atoms with E-state index in [2.05, 4.69) is 0 Å². The molecule has 1 atom stereocenters.